The highest BCUT2D eigenvalue weighted by Gasteiger charge is 2.69. The molecule has 28 heavy (non-hydrogen) atoms. The van der Waals surface area contributed by atoms with Gasteiger partial charge < -0.3 is 5.32 Å². The van der Waals surface area contributed by atoms with E-state index in [1.165, 1.54) is 12.1 Å². The molecule has 146 valence electrons. The van der Waals surface area contributed by atoms with Crippen molar-refractivity contribution < 1.29 is 27.6 Å². The van der Waals surface area contributed by atoms with E-state index in [0.29, 0.717) is 10.5 Å². The fourth-order valence-corrected chi connectivity index (χ4v) is 2.84. The van der Waals surface area contributed by atoms with Gasteiger partial charge in [-0.15, -0.1) is 0 Å². The van der Waals surface area contributed by atoms with Gasteiger partial charge in [0.1, 0.15) is 0 Å². The molecule has 1 heterocycles. The molecule has 0 spiro atoms. The second-order valence-corrected chi connectivity index (χ2v) is 6.36. The average Bonchev–Trinajstić information content (AvgIpc) is 2.87. The average molecular weight is 391 g/mol. The number of nitrogens with zero attached hydrogens (tertiary/aromatic N) is 1. The molecule has 6 nitrogen and oxygen atoms in total. The van der Waals surface area contributed by atoms with Crippen LogP contribution in [-0.4, -0.2) is 29.7 Å². The monoisotopic (exact) mass is 391 g/mol. The van der Waals surface area contributed by atoms with Gasteiger partial charge in [-0.05, 0) is 24.6 Å². The summed E-state index contributed by atoms with van der Waals surface area (Å²) in [6.45, 7) is 1.75. The standard InChI is InChI=1S/C19H16F3N3O3/c1-12-7-9-14(10-8-12)25-16(27)18(19(20,21)22,24-17(25)28)23-15(26)11-13-5-3-2-4-6-13/h2-10H,11H2,1H3,(H,23,26)(H,24,28)/t18-/m1/s1. The smallest absolute Gasteiger partial charge is 0.318 e. The molecule has 0 radical (unpaired) electrons. The van der Waals surface area contributed by atoms with Gasteiger partial charge >= 0.3 is 12.2 Å². The van der Waals surface area contributed by atoms with Gasteiger partial charge in [0.25, 0.3) is 11.6 Å². The Hall–Kier alpha value is -3.36. The zero-order valence-corrected chi connectivity index (χ0v) is 14.7. The number of carbonyl (C=O) groups excluding carboxylic acids is 3. The first-order valence-corrected chi connectivity index (χ1v) is 8.29. The van der Waals surface area contributed by atoms with Gasteiger partial charge in [-0.25, -0.2) is 9.69 Å². The molecule has 2 N–H and O–H groups in total. The first kappa shape index (κ1) is 19.4. The highest BCUT2D eigenvalue weighted by molar-refractivity contribution is 6.24. The van der Waals surface area contributed by atoms with Crippen LogP contribution < -0.4 is 15.5 Å². The lowest BCUT2D eigenvalue weighted by molar-refractivity contribution is -0.201. The summed E-state index contributed by atoms with van der Waals surface area (Å²) >= 11 is 0. The first-order valence-electron chi connectivity index (χ1n) is 8.29. The molecular weight excluding hydrogens is 375 g/mol. The fraction of sp³-hybridized carbons (Fsp3) is 0.211. The number of hydrogen-bond donors (Lipinski definition) is 2. The third kappa shape index (κ3) is 3.42. The Bertz CT molecular complexity index is 914. The molecule has 2 aromatic rings. The van der Waals surface area contributed by atoms with E-state index in [1.54, 1.807) is 60.0 Å². The Labute approximate surface area is 158 Å². The van der Waals surface area contributed by atoms with Gasteiger partial charge in [-0.1, -0.05) is 48.0 Å². The Morgan fingerprint density at radius 1 is 1.07 bits per heavy atom. The summed E-state index contributed by atoms with van der Waals surface area (Å²) in [5.74, 6) is -2.67. The molecule has 2 aromatic carbocycles. The number of rotatable bonds is 4. The topological polar surface area (TPSA) is 78.5 Å². The van der Waals surface area contributed by atoms with E-state index in [4.69, 9.17) is 0 Å². The second kappa shape index (κ2) is 6.99. The van der Waals surface area contributed by atoms with E-state index in [1.807, 2.05) is 0 Å². The van der Waals surface area contributed by atoms with Crippen molar-refractivity contribution in [1.82, 2.24) is 10.6 Å². The molecule has 3 rings (SSSR count). The summed E-state index contributed by atoms with van der Waals surface area (Å²) in [5.41, 5.74) is -2.30. The molecule has 0 bridgehead atoms. The number of halogens is 3. The second-order valence-electron chi connectivity index (χ2n) is 6.36. The SMILES string of the molecule is Cc1ccc(N2C(=O)N[C@@](NC(=O)Cc3ccccc3)(C(F)(F)F)C2=O)cc1. The van der Waals surface area contributed by atoms with Crippen molar-refractivity contribution in [2.24, 2.45) is 0 Å². The van der Waals surface area contributed by atoms with Crippen LogP contribution in [0.3, 0.4) is 0 Å². The summed E-state index contributed by atoms with van der Waals surface area (Å²) in [5, 5.41) is 3.30. The zero-order valence-electron chi connectivity index (χ0n) is 14.7. The minimum Gasteiger partial charge on any atom is -0.318 e. The molecule has 4 amide bonds. The number of hydrogen-bond acceptors (Lipinski definition) is 3. The summed E-state index contributed by atoms with van der Waals surface area (Å²) in [7, 11) is 0. The fourth-order valence-electron chi connectivity index (χ4n) is 2.84. The Morgan fingerprint density at radius 2 is 1.68 bits per heavy atom. The van der Waals surface area contributed by atoms with Crippen molar-refractivity contribution in [1.29, 1.82) is 0 Å². The first-order chi connectivity index (χ1) is 13.1. The van der Waals surface area contributed by atoms with E-state index in [0.717, 1.165) is 5.56 Å². The van der Waals surface area contributed by atoms with Gasteiger partial charge in [-0.2, -0.15) is 13.2 Å². The van der Waals surface area contributed by atoms with Crippen LogP contribution in [0.4, 0.5) is 23.7 Å². The maximum Gasteiger partial charge on any atom is 0.440 e. The van der Waals surface area contributed by atoms with E-state index >= 15 is 0 Å². The molecule has 1 aliphatic heterocycles. The number of urea groups is 1. The van der Waals surface area contributed by atoms with Crippen LogP contribution in [0, 0.1) is 6.92 Å². The van der Waals surface area contributed by atoms with Crippen molar-refractivity contribution in [2.45, 2.75) is 25.2 Å². The number of imide groups is 1. The minimum atomic E-state index is -5.24. The van der Waals surface area contributed by atoms with Crippen LogP contribution in [0.2, 0.25) is 0 Å². The van der Waals surface area contributed by atoms with Gasteiger partial charge in [-0.3, -0.25) is 14.9 Å². The van der Waals surface area contributed by atoms with Crippen LogP contribution >= 0.6 is 0 Å². The van der Waals surface area contributed by atoms with Gasteiger partial charge in [0.2, 0.25) is 5.91 Å². The maximum absolute atomic E-state index is 13.8. The predicted octanol–water partition coefficient (Wildman–Crippen LogP) is 2.67. The summed E-state index contributed by atoms with van der Waals surface area (Å²) in [6, 6.07) is 12.6. The largest absolute Gasteiger partial charge is 0.440 e. The van der Waals surface area contributed by atoms with E-state index in [2.05, 4.69) is 0 Å². The normalized spacial score (nSPS) is 19.5. The maximum atomic E-state index is 13.8. The van der Waals surface area contributed by atoms with Gasteiger partial charge in [0.15, 0.2) is 0 Å². The Morgan fingerprint density at radius 3 is 2.25 bits per heavy atom. The Balaban J connectivity index is 1.91. The van der Waals surface area contributed by atoms with E-state index in [9.17, 15) is 27.6 Å². The van der Waals surface area contributed by atoms with Crippen LogP contribution in [0.25, 0.3) is 0 Å². The van der Waals surface area contributed by atoms with Crippen molar-refractivity contribution >= 4 is 23.5 Å². The van der Waals surface area contributed by atoms with Gasteiger partial charge in [0.05, 0.1) is 12.1 Å². The molecule has 0 saturated carbocycles. The molecular formula is C19H16F3N3O3. The minimum absolute atomic E-state index is 0.0310. The highest BCUT2D eigenvalue weighted by Crippen LogP contribution is 2.35. The lowest BCUT2D eigenvalue weighted by Crippen LogP contribution is -2.69. The lowest BCUT2D eigenvalue weighted by atomic mass is 10.1. The highest BCUT2D eigenvalue weighted by atomic mass is 19.4. The van der Waals surface area contributed by atoms with Crippen molar-refractivity contribution in [3.63, 3.8) is 0 Å². The number of benzene rings is 2. The molecule has 1 fully saturated rings. The number of nitrogens with one attached hydrogen (secondary N) is 2. The molecule has 9 heteroatoms. The Kier molecular flexibility index (Phi) is 4.84. The molecule has 0 unspecified atom stereocenters. The molecule has 1 aliphatic rings. The van der Waals surface area contributed by atoms with Crippen LogP contribution in [0.5, 0.6) is 0 Å². The number of aryl methyl sites for hydroxylation is 1. The van der Waals surface area contributed by atoms with Gasteiger partial charge in [0, 0.05) is 0 Å². The van der Waals surface area contributed by atoms with E-state index in [-0.39, 0.29) is 12.1 Å². The van der Waals surface area contributed by atoms with E-state index < -0.39 is 29.7 Å². The zero-order chi connectivity index (χ0) is 20.5. The third-order valence-corrected chi connectivity index (χ3v) is 4.27. The summed E-state index contributed by atoms with van der Waals surface area (Å²) in [6.07, 6.45) is -5.63. The quantitative estimate of drug-likeness (QED) is 0.787. The molecule has 0 aliphatic carbocycles. The van der Waals surface area contributed by atoms with Crippen molar-refractivity contribution in [2.75, 3.05) is 4.90 Å². The predicted molar refractivity (Wildman–Crippen MR) is 94.3 cm³/mol. The van der Waals surface area contributed by atoms with Crippen molar-refractivity contribution in [3.05, 3.63) is 65.7 Å². The van der Waals surface area contributed by atoms with Crippen LogP contribution in [0.15, 0.2) is 54.6 Å². The molecule has 1 atom stereocenters. The third-order valence-electron chi connectivity index (χ3n) is 4.27. The number of carbonyl (C=O) groups is 3. The summed E-state index contributed by atoms with van der Waals surface area (Å²) in [4.78, 5) is 37.5. The number of anilines is 1. The molecule has 0 aromatic heterocycles. The van der Waals surface area contributed by atoms with Crippen LogP contribution in [0.1, 0.15) is 11.1 Å². The summed E-state index contributed by atoms with van der Waals surface area (Å²) < 4.78 is 41.4. The van der Waals surface area contributed by atoms with Crippen LogP contribution in [-0.2, 0) is 16.0 Å². The number of alkyl halides is 3. The lowest BCUT2D eigenvalue weighted by Gasteiger charge is -2.29. The van der Waals surface area contributed by atoms with Crippen molar-refractivity contribution in [3.8, 4) is 0 Å². The number of amides is 4. The molecule has 1 saturated heterocycles.